The lowest BCUT2D eigenvalue weighted by atomic mass is 10.2. The summed E-state index contributed by atoms with van der Waals surface area (Å²) in [7, 11) is 0. The molecule has 0 saturated carbocycles. The third-order valence-electron chi connectivity index (χ3n) is 2.88. The van der Waals surface area contributed by atoms with Gasteiger partial charge in [-0.25, -0.2) is 0 Å². The van der Waals surface area contributed by atoms with E-state index in [-0.39, 0.29) is 0 Å². The van der Waals surface area contributed by atoms with Crippen molar-refractivity contribution in [2.24, 2.45) is 5.73 Å². The van der Waals surface area contributed by atoms with Gasteiger partial charge in [0, 0.05) is 24.4 Å². The van der Waals surface area contributed by atoms with Crippen molar-refractivity contribution < 1.29 is 4.74 Å². The summed E-state index contributed by atoms with van der Waals surface area (Å²) in [6.45, 7) is 5.94. The first kappa shape index (κ1) is 14.9. The summed E-state index contributed by atoms with van der Waals surface area (Å²) in [5.41, 5.74) is 6.79. The van der Waals surface area contributed by atoms with Gasteiger partial charge in [0.25, 0.3) is 0 Å². The van der Waals surface area contributed by atoms with Crippen LogP contribution >= 0.6 is 11.8 Å². The quantitative estimate of drug-likeness (QED) is 0.793. The van der Waals surface area contributed by atoms with Crippen molar-refractivity contribution in [2.75, 3.05) is 13.2 Å². The lowest BCUT2D eigenvalue weighted by Crippen LogP contribution is -2.12. The van der Waals surface area contributed by atoms with Gasteiger partial charge in [0.05, 0.1) is 6.61 Å². The Morgan fingerprint density at radius 1 is 1.30 bits per heavy atom. The van der Waals surface area contributed by atoms with Crippen molar-refractivity contribution in [1.29, 1.82) is 0 Å². The molecular weight excluding hydrogens is 272 g/mol. The van der Waals surface area contributed by atoms with Gasteiger partial charge in [0.2, 0.25) is 0 Å². The molecule has 0 aliphatic carbocycles. The Balaban J connectivity index is 2.09. The molecule has 1 aromatic carbocycles. The van der Waals surface area contributed by atoms with Crippen molar-refractivity contribution in [3.05, 3.63) is 35.7 Å². The highest BCUT2D eigenvalue weighted by atomic mass is 32.2. The van der Waals surface area contributed by atoms with Gasteiger partial charge in [-0.2, -0.15) is 0 Å². The van der Waals surface area contributed by atoms with E-state index in [1.165, 1.54) is 5.56 Å². The Labute approximate surface area is 123 Å². The number of rotatable bonds is 7. The van der Waals surface area contributed by atoms with Crippen LogP contribution in [0.2, 0.25) is 0 Å². The maximum absolute atomic E-state index is 5.63. The van der Waals surface area contributed by atoms with Crippen LogP contribution in [0.25, 0.3) is 0 Å². The van der Waals surface area contributed by atoms with Gasteiger partial charge in [-0.15, -0.1) is 10.2 Å². The summed E-state index contributed by atoms with van der Waals surface area (Å²) in [5, 5.41) is 9.22. The van der Waals surface area contributed by atoms with Gasteiger partial charge >= 0.3 is 0 Å². The highest BCUT2D eigenvalue weighted by Gasteiger charge is 2.10. The smallest absolute Gasteiger partial charge is 0.191 e. The zero-order chi connectivity index (χ0) is 14.4. The molecule has 1 aromatic heterocycles. The van der Waals surface area contributed by atoms with Gasteiger partial charge in [-0.05, 0) is 19.9 Å². The van der Waals surface area contributed by atoms with Crippen molar-refractivity contribution in [3.63, 3.8) is 0 Å². The normalized spacial score (nSPS) is 10.8. The van der Waals surface area contributed by atoms with E-state index in [4.69, 9.17) is 10.5 Å². The van der Waals surface area contributed by atoms with Crippen molar-refractivity contribution in [2.45, 2.75) is 31.3 Å². The molecule has 0 spiro atoms. The Bertz CT molecular complexity index is 556. The number of aryl methyl sites for hydroxylation is 1. The lowest BCUT2D eigenvalue weighted by molar-refractivity contribution is 0.337. The molecule has 1 heterocycles. The third-order valence-corrected chi connectivity index (χ3v) is 3.90. The van der Waals surface area contributed by atoms with Crippen LogP contribution in [-0.2, 0) is 12.3 Å². The van der Waals surface area contributed by atoms with Crippen molar-refractivity contribution in [3.8, 4) is 5.75 Å². The van der Waals surface area contributed by atoms with Crippen molar-refractivity contribution >= 4 is 11.8 Å². The highest BCUT2D eigenvalue weighted by Crippen LogP contribution is 2.27. The molecule has 0 saturated heterocycles. The molecule has 0 radical (unpaired) electrons. The molecule has 5 nitrogen and oxygen atoms in total. The first-order valence-corrected chi connectivity index (χ1v) is 7.68. The van der Waals surface area contributed by atoms with E-state index in [1.54, 1.807) is 11.8 Å². The molecule has 2 N–H and O–H groups in total. The lowest BCUT2D eigenvalue weighted by Gasteiger charge is -2.10. The Kier molecular flexibility index (Phi) is 5.43. The first-order chi connectivity index (χ1) is 9.76. The molecule has 2 aromatic rings. The molecule has 20 heavy (non-hydrogen) atoms. The number of para-hydroxylation sites is 1. The molecule has 0 bridgehead atoms. The molecule has 0 fully saturated rings. The standard InChI is InChI=1S/C14H20N4OS/c1-3-19-13-7-5-4-6-12(13)10-20-14-17-16-11(2)18(14)9-8-15/h4-7H,3,8-10,15H2,1-2H3. The van der Waals surface area contributed by atoms with Crippen LogP contribution in [-0.4, -0.2) is 27.9 Å². The molecule has 108 valence electrons. The average Bonchev–Trinajstić information content (AvgIpc) is 2.80. The van der Waals surface area contributed by atoms with E-state index in [1.807, 2.05) is 36.6 Å². The van der Waals surface area contributed by atoms with E-state index < -0.39 is 0 Å². The van der Waals surface area contributed by atoms with Crippen molar-refractivity contribution in [1.82, 2.24) is 14.8 Å². The third kappa shape index (κ3) is 3.52. The summed E-state index contributed by atoms with van der Waals surface area (Å²) >= 11 is 1.65. The molecule has 0 unspecified atom stereocenters. The van der Waals surface area contributed by atoms with E-state index in [2.05, 4.69) is 16.3 Å². The van der Waals surface area contributed by atoms with E-state index in [0.717, 1.165) is 29.0 Å². The molecule has 6 heteroatoms. The van der Waals surface area contributed by atoms with Gasteiger partial charge in [0.15, 0.2) is 5.16 Å². The van der Waals surface area contributed by atoms with Crippen LogP contribution in [0, 0.1) is 6.92 Å². The number of thioether (sulfide) groups is 1. The molecule has 2 rings (SSSR count). The highest BCUT2D eigenvalue weighted by molar-refractivity contribution is 7.98. The number of hydrogen-bond donors (Lipinski definition) is 1. The SMILES string of the molecule is CCOc1ccccc1CSc1nnc(C)n1CCN. The summed E-state index contributed by atoms with van der Waals surface area (Å²) in [4.78, 5) is 0. The molecule has 0 aliphatic rings. The largest absolute Gasteiger partial charge is 0.494 e. The summed E-state index contributed by atoms with van der Waals surface area (Å²) in [6, 6.07) is 8.08. The minimum Gasteiger partial charge on any atom is -0.494 e. The number of benzene rings is 1. The number of nitrogens with two attached hydrogens (primary N) is 1. The molecular formula is C14H20N4OS. The van der Waals surface area contributed by atoms with Crippen LogP contribution < -0.4 is 10.5 Å². The van der Waals surface area contributed by atoms with Gasteiger partial charge < -0.3 is 15.0 Å². The van der Waals surface area contributed by atoms with Crippen LogP contribution in [0.3, 0.4) is 0 Å². The zero-order valence-corrected chi connectivity index (χ0v) is 12.7. The summed E-state index contributed by atoms with van der Waals surface area (Å²) < 4.78 is 7.68. The average molecular weight is 292 g/mol. The number of hydrogen-bond acceptors (Lipinski definition) is 5. The molecule has 0 amide bonds. The minimum absolute atomic E-state index is 0.585. The maximum atomic E-state index is 5.63. The second-order valence-corrected chi connectivity index (χ2v) is 5.24. The minimum atomic E-state index is 0.585. The maximum Gasteiger partial charge on any atom is 0.191 e. The zero-order valence-electron chi connectivity index (χ0n) is 11.9. The fraction of sp³-hybridized carbons (Fsp3) is 0.429. The number of nitrogens with zero attached hydrogens (tertiary/aromatic N) is 3. The first-order valence-electron chi connectivity index (χ1n) is 6.69. The van der Waals surface area contributed by atoms with Crippen LogP contribution in [0.15, 0.2) is 29.4 Å². The molecule has 0 aliphatic heterocycles. The van der Waals surface area contributed by atoms with Gasteiger partial charge in [-0.3, -0.25) is 0 Å². The Morgan fingerprint density at radius 2 is 2.10 bits per heavy atom. The second-order valence-electron chi connectivity index (χ2n) is 4.30. The fourth-order valence-electron chi connectivity index (χ4n) is 1.92. The predicted octanol–water partition coefficient (Wildman–Crippen LogP) is 2.24. The van der Waals surface area contributed by atoms with Gasteiger partial charge in [0.1, 0.15) is 11.6 Å². The molecule has 0 atom stereocenters. The van der Waals surface area contributed by atoms with E-state index in [0.29, 0.717) is 13.2 Å². The second kappa shape index (κ2) is 7.31. The van der Waals surface area contributed by atoms with E-state index >= 15 is 0 Å². The Hall–Kier alpha value is -1.53. The topological polar surface area (TPSA) is 66.0 Å². The summed E-state index contributed by atoms with van der Waals surface area (Å²) in [6.07, 6.45) is 0. The van der Waals surface area contributed by atoms with Crippen LogP contribution in [0.4, 0.5) is 0 Å². The van der Waals surface area contributed by atoms with Crippen LogP contribution in [0.1, 0.15) is 18.3 Å². The fourth-order valence-corrected chi connectivity index (χ4v) is 2.92. The monoisotopic (exact) mass is 292 g/mol. The van der Waals surface area contributed by atoms with E-state index in [9.17, 15) is 0 Å². The number of aromatic nitrogens is 3. The Morgan fingerprint density at radius 3 is 2.85 bits per heavy atom. The van der Waals surface area contributed by atoms with Gasteiger partial charge in [-0.1, -0.05) is 30.0 Å². The van der Waals surface area contributed by atoms with Crippen LogP contribution in [0.5, 0.6) is 5.75 Å². The summed E-state index contributed by atoms with van der Waals surface area (Å²) in [5.74, 6) is 2.64. The number of ether oxygens (including phenoxy) is 1. The predicted molar refractivity (Wildman–Crippen MR) is 81.0 cm³/mol.